The van der Waals surface area contributed by atoms with E-state index in [1.807, 2.05) is 36.4 Å². The summed E-state index contributed by atoms with van der Waals surface area (Å²) in [5.41, 5.74) is 1.89. The molecule has 0 aliphatic rings. The molecular formula is C22H15ClN2O2. The number of para-hydroxylation sites is 2. The zero-order valence-electron chi connectivity index (χ0n) is 14.2. The number of hydrogen-bond acceptors (Lipinski definition) is 3. The number of phenols is 1. The maximum Gasteiger partial charge on any atom is 0.266 e. The molecule has 0 aliphatic heterocycles. The van der Waals surface area contributed by atoms with Gasteiger partial charge >= 0.3 is 0 Å². The molecule has 27 heavy (non-hydrogen) atoms. The van der Waals surface area contributed by atoms with Crippen molar-refractivity contribution in [2.45, 2.75) is 0 Å². The smallest absolute Gasteiger partial charge is 0.266 e. The van der Waals surface area contributed by atoms with E-state index >= 15 is 0 Å². The number of fused-ring (bicyclic) bond motifs is 1. The van der Waals surface area contributed by atoms with Crippen LogP contribution in [0.25, 0.3) is 28.7 Å². The summed E-state index contributed by atoms with van der Waals surface area (Å²) in [7, 11) is 0. The van der Waals surface area contributed by atoms with Gasteiger partial charge in [-0.1, -0.05) is 54.1 Å². The predicted octanol–water partition coefficient (Wildman–Crippen LogP) is 4.92. The molecule has 0 amide bonds. The molecule has 0 bridgehead atoms. The quantitative estimate of drug-likeness (QED) is 0.554. The molecule has 0 atom stereocenters. The highest BCUT2D eigenvalue weighted by Crippen LogP contribution is 2.22. The summed E-state index contributed by atoms with van der Waals surface area (Å²) < 4.78 is 1.52. The lowest BCUT2D eigenvalue weighted by atomic mass is 10.2. The van der Waals surface area contributed by atoms with Gasteiger partial charge in [0.2, 0.25) is 0 Å². The van der Waals surface area contributed by atoms with E-state index in [9.17, 15) is 9.90 Å². The molecule has 0 aliphatic carbocycles. The van der Waals surface area contributed by atoms with Crippen LogP contribution in [0.3, 0.4) is 0 Å². The SMILES string of the molecule is O=c1c2ccccc2nc(/C=C/c2ccc(O)cc2)n1-c1ccccc1Cl. The summed E-state index contributed by atoms with van der Waals surface area (Å²) in [6.07, 6.45) is 3.60. The van der Waals surface area contributed by atoms with Crippen LogP contribution in [-0.2, 0) is 0 Å². The summed E-state index contributed by atoms with van der Waals surface area (Å²) in [5.74, 6) is 0.670. The third-order valence-electron chi connectivity index (χ3n) is 4.21. The molecule has 0 fully saturated rings. The van der Waals surface area contributed by atoms with Crippen LogP contribution < -0.4 is 5.56 Å². The van der Waals surface area contributed by atoms with Crippen molar-refractivity contribution in [3.8, 4) is 11.4 Å². The first-order chi connectivity index (χ1) is 13.1. The molecule has 3 aromatic carbocycles. The normalized spacial score (nSPS) is 11.3. The van der Waals surface area contributed by atoms with Gasteiger partial charge in [-0.25, -0.2) is 4.98 Å². The number of hydrogen-bond donors (Lipinski definition) is 1. The number of nitrogens with zero attached hydrogens (tertiary/aromatic N) is 2. The minimum atomic E-state index is -0.181. The van der Waals surface area contributed by atoms with Gasteiger partial charge in [0, 0.05) is 0 Å². The zero-order valence-corrected chi connectivity index (χ0v) is 15.0. The van der Waals surface area contributed by atoms with Crippen LogP contribution in [0, 0.1) is 0 Å². The summed E-state index contributed by atoms with van der Waals surface area (Å²) in [6.45, 7) is 0. The summed E-state index contributed by atoms with van der Waals surface area (Å²) in [4.78, 5) is 17.8. The van der Waals surface area contributed by atoms with Crippen LogP contribution >= 0.6 is 11.6 Å². The fourth-order valence-corrected chi connectivity index (χ4v) is 3.10. The van der Waals surface area contributed by atoms with E-state index in [0.29, 0.717) is 27.4 Å². The molecule has 0 spiro atoms. The van der Waals surface area contributed by atoms with E-state index in [0.717, 1.165) is 5.56 Å². The lowest BCUT2D eigenvalue weighted by molar-refractivity contribution is 0.475. The molecule has 5 heteroatoms. The zero-order chi connectivity index (χ0) is 18.8. The Labute approximate surface area is 160 Å². The Morgan fingerprint density at radius 3 is 2.37 bits per heavy atom. The van der Waals surface area contributed by atoms with Crippen molar-refractivity contribution in [3.05, 3.63) is 99.6 Å². The van der Waals surface area contributed by atoms with E-state index in [1.165, 1.54) is 4.57 Å². The van der Waals surface area contributed by atoms with Crippen LogP contribution in [0.15, 0.2) is 77.6 Å². The van der Waals surface area contributed by atoms with Gasteiger partial charge in [-0.2, -0.15) is 0 Å². The average molecular weight is 375 g/mol. The molecule has 1 aromatic heterocycles. The monoisotopic (exact) mass is 374 g/mol. The van der Waals surface area contributed by atoms with Gasteiger partial charge in [-0.3, -0.25) is 9.36 Å². The highest BCUT2D eigenvalue weighted by molar-refractivity contribution is 6.32. The van der Waals surface area contributed by atoms with E-state index < -0.39 is 0 Å². The molecule has 1 N–H and O–H groups in total. The number of aromatic hydroxyl groups is 1. The minimum absolute atomic E-state index is 0.181. The Morgan fingerprint density at radius 1 is 0.889 bits per heavy atom. The van der Waals surface area contributed by atoms with Crippen LogP contribution in [0.1, 0.15) is 11.4 Å². The number of rotatable bonds is 3. The van der Waals surface area contributed by atoms with E-state index in [2.05, 4.69) is 4.98 Å². The molecule has 4 nitrogen and oxygen atoms in total. The molecular weight excluding hydrogens is 360 g/mol. The summed E-state index contributed by atoms with van der Waals surface area (Å²) in [5, 5.41) is 10.4. The van der Waals surface area contributed by atoms with E-state index in [-0.39, 0.29) is 11.3 Å². The van der Waals surface area contributed by atoms with Crippen molar-refractivity contribution in [1.82, 2.24) is 9.55 Å². The van der Waals surface area contributed by atoms with Crippen LogP contribution in [0.2, 0.25) is 5.02 Å². The second-order valence-corrected chi connectivity index (χ2v) is 6.41. The van der Waals surface area contributed by atoms with Crippen molar-refractivity contribution in [2.24, 2.45) is 0 Å². The molecule has 132 valence electrons. The minimum Gasteiger partial charge on any atom is -0.508 e. The molecule has 1 heterocycles. The summed E-state index contributed by atoms with van der Waals surface area (Å²) in [6, 6.07) is 21.2. The lowest BCUT2D eigenvalue weighted by Gasteiger charge is -2.12. The Kier molecular flexibility index (Phi) is 4.48. The molecule has 0 unspecified atom stereocenters. The fraction of sp³-hybridized carbons (Fsp3) is 0. The van der Waals surface area contributed by atoms with Gasteiger partial charge in [0.15, 0.2) is 0 Å². The molecule has 4 aromatic rings. The topological polar surface area (TPSA) is 55.1 Å². The van der Waals surface area contributed by atoms with Crippen molar-refractivity contribution < 1.29 is 5.11 Å². The van der Waals surface area contributed by atoms with Crippen LogP contribution in [0.4, 0.5) is 0 Å². The fourth-order valence-electron chi connectivity index (χ4n) is 2.88. The molecule has 0 saturated carbocycles. The van der Waals surface area contributed by atoms with Gasteiger partial charge in [-0.05, 0) is 48.0 Å². The third kappa shape index (κ3) is 3.35. The number of aromatic nitrogens is 2. The Bertz CT molecular complexity index is 1210. The van der Waals surface area contributed by atoms with Crippen molar-refractivity contribution >= 4 is 34.7 Å². The number of phenolic OH excluding ortho intramolecular Hbond substituents is 1. The third-order valence-corrected chi connectivity index (χ3v) is 4.53. The molecule has 0 saturated heterocycles. The highest BCUT2D eigenvalue weighted by atomic mass is 35.5. The van der Waals surface area contributed by atoms with Gasteiger partial charge < -0.3 is 5.11 Å². The lowest BCUT2D eigenvalue weighted by Crippen LogP contribution is -2.22. The second kappa shape index (κ2) is 7.09. The maximum atomic E-state index is 13.2. The average Bonchev–Trinajstić information content (AvgIpc) is 2.69. The van der Waals surface area contributed by atoms with Crippen molar-refractivity contribution in [1.29, 1.82) is 0 Å². The van der Waals surface area contributed by atoms with Gasteiger partial charge in [0.25, 0.3) is 5.56 Å². The Balaban J connectivity index is 1.95. The standard InChI is InChI=1S/C22H15ClN2O2/c23-18-6-2-4-8-20(18)25-21(14-11-15-9-12-16(26)13-10-15)24-19-7-3-1-5-17(19)22(25)27/h1-14,26H/b14-11+. The van der Waals surface area contributed by atoms with Crippen LogP contribution in [-0.4, -0.2) is 14.7 Å². The summed E-state index contributed by atoms with van der Waals surface area (Å²) >= 11 is 6.35. The first kappa shape index (κ1) is 17.1. The van der Waals surface area contributed by atoms with E-state index in [1.54, 1.807) is 48.5 Å². The second-order valence-electron chi connectivity index (χ2n) is 6.00. The Morgan fingerprint density at radius 2 is 1.59 bits per heavy atom. The van der Waals surface area contributed by atoms with Gasteiger partial charge in [0.1, 0.15) is 11.6 Å². The first-order valence-corrected chi connectivity index (χ1v) is 8.75. The number of benzene rings is 3. The highest BCUT2D eigenvalue weighted by Gasteiger charge is 2.13. The van der Waals surface area contributed by atoms with Crippen molar-refractivity contribution in [3.63, 3.8) is 0 Å². The van der Waals surface area contributed by atoms with Gasteiger partial charge in [-0.15, -0.1) is 0 Å². The van der Waals surface area contributed by atoms with Crippen molar-refractivity contribution in [2.75, 3.05) is 0 Å². The maximum absolute atomic E-state index is 13.2. The van der Waals surface area contributed by atoms with E-state index in [4.69, 9.17) is 11.6 Å². The first-order valence-electron chi connectivity index (χ1n) is 8.37. The molecule has 4 rings (SSSR count). The molecule has 0 radical (unpaired) electrons. The number of halogens is 1. The van der Waals surface area contributed by atoms with Gasteiger partial charge in [0.05, 0.1) is 21.6 Å². The predicted molar refractivity (Wildman–Crippen MR) is 109 cm³/mol. The largest absolute Gasteiger partial charge is 0.508 e. The Hall–Kier alpha value is -3.37. The van der Waals surface area contributed by atoms with Crippen LogP contribution in [0.5, 0.6) is 5.75 Å².